The highest BCUT2D eigenvalue weighted by atomic mass is 79.9. The maximum Gasteiger partial charge on any atom is 0.201 e. The number of hydrogen-bond acceptors (Lipinski definition) is 13. The number of ether oxygens (including phenoxy) is 6. The van der Waals surface area contributed by atoms with Crippen molar-refractivity contribution >= 4 is 88.4 Å². The predicted molar refractivity (Wildman–Crippen MR) is 287 cm³/mol. The van der Waals surface area contributed by atoms with E-state index in [1.807, 2.05) is 97.1 Å². The van der Waals surface area contributed by atoms with Crippen LogP contribution in [-0.2, 0) is 0 Å². The number of rotatable bonds is 4. The van der Waals surface area contributed by atoms with Gasteiger partial charge in [0.25, 0.3) is 0 Å². The number of thiol groups is 1. The second-order valence-electron chi connectivity index (χ2n) is 15.9. The highest BCUT2D eigenvalue weighted by Crippen LogP contribution is 2.50. The van der Waals surface area contributed by atoms with Crippen LogP contribution in [0.1, 0.15) is 34.3 Å². The summed E-state index contributed by atoms with van der Waals surface area (Å²) in [4.78, 5) is 25.5. The molecule has 2 aliphatic heterocycles. The molecule has 0 spiro atoms. The Kier molecular flexibility index (Phi) is 14.4. The van der Waals surface area contributed by atoms with Gasteiger partial charge in [0, 0.05) is 36.1 Å². The summed E-state index contributed by atoms with van der Waals surface area (Å²) in [6.07, 6.45) is 0. The zero-order chi connectivity index (χ0) is 49.9. The van der Waals surface area contributed by atoms with E-state index in [0.717, 1.165) is 43.1 Å². The third kappa shape index (κ3) is 9.30. The zero-order valence-electron chi connectivity index (χ0n) is 38.5. The monoisotopic (exact) mass is 1090 g/mol. The van der Waals surface area contributed by atoms with Crippen molar-refractivity contribution in [2.45, 2.75) is 17.0 Å². The lowest BCUT2D eigenvalue weighted by Gasteiger charge is -2.27. The van der Waals surface area contributed by atoms with Gasteiger partial charge in [0.2, 0.25) is 10.9 Å². The molecule has 15 heteroatoms. The molecule has 2 atom stereocenters. The first kappa shape index (κ1) is 48.7. The van der Waals surface area contributed by atoms with Crippen molar-refractivity contribution in [2.24, 2.45) is 11.5 Å². The molecule has 71 heavy (non-hydrogen) atoms. The predicted octanol–water partition coefficient (Wildman–Crippen LogP) is 13.4. The van der Waals surface area contributed by atoms with E-state index in [2.05, 4.69) is 44.5 Å². The van der Waals surface area contributed by atoms with Gasteiger partial charge in [-0.2, -0.15) is 0 Å². The van der Waals surface area contributed by atoms with E-state index in [9.17, 15) is 9.59 Å². The van der Waals surface area contributed by atoms with Crippen molar-refractivity contribution in [1.82, 2.24) is 0 Å². The lowest BCUT2D eigenvalue weighted by molar-refractivity contribution is 0.365. The molecule has 358 valence electrons. The minimum Gasteiger partial charge on any atom is -0.493 e. The van der Waals surface area contributed by atoms with Gasteiger partial charge in [-0.25, -0.2) is 0 Å². The lowest BCUT2D eigenvalue weighted by Crippen LogP contribution is -2.18. The third-order valence-electron chi connectivity index (χ3n) is 11.9. The first-order valence-corrected chi connectivity index (χ1v) is 24.0. The average molecular weight is 1100 g/mol. The van der Waals surface area contributed by atoms with Crippen LogP contribution in [0.4, 0.5) is 0 Å². The van der Waals surface area contributed by atoms with Gasteiger partial charge in [0.1, 0.15) is 22.7 Å². The molecule has 2 unspecified atom stereocenters. The summed E-state index contributed by atoms with van der Waals surface area (Å²) >= 11 is 11.4. The number of benzene rings is 8. The summed E-state index contributed by atoms with van der Waals surface area (Å²) in [5.41, 5.74) is 18.4. The average Bonchev–Trinajstić information content (AvgIpc) is 3.39. The Morgan fingerprint density at radius 1 is 0.465 bits per heavy atom. The molecule has 0 radical (unpaired) electrons. The fourth-order valence-corrected chi connectivity index (χ4v) is 9.76. The molecule has 0 bridgehead atoms. The van der Waals surface area contributed by atoms with Gasteiger partial charge in [-0.3, -0.25) is 9.59 Å². The van der Waals surface area contributed by atoms with E-state index < -0.39 is 0 Å². The van der Waals surface area contributed by atoms with E-state index in [0.29, 0.717) is 82.8 Å². The fraction of sp³-hybridized carbons (Fsp3) is 0.107. The maximum atomic E-state index is 12.4. The van der Waals surface area contributed by atoms with E-state index >= 15 is 0 Å². The molecule has 12 nitrogen and oxygen atoms in total. The Labute approximate surface area is 429 Å². The first-order chi connectivity index (χ1) is 34.5. The van der Waals surface area contributed by atoms with Crippen molar-refractivity contribution in [1.29, 1.82) is 0 Å². The second kappa shape index (κ2) is 21.0. The van der Waals surface area contributed by atoms with Crippen LogP contribution >= 0.6 is 44.5 Å². The molecule has 0 saturated carbocycles. The molecule has 2 aromatic heterocycles. The molecular formula is C56H44Br2N2O10S. The van der Waals surface area contributed by atoms with Crippen molar-refractivity contribution in [3.05, 3.63) is 203 Å². The number of halogens is 2. The van der Waals surface area contributed by atoms with Crippen molar-refractivity contribution in [3.63, 3.8) is 0 Å². The van der Waals surface area contributed by atoms with E-state index in [1.165, 1.54) is 0 Å². The van der Waals surface area contributed by atoms with Crippen LogP contribution in [0.15, 0.2) is 184 Å². The Bertz CT molecular complexity index is 3660. The topological polar surface area (TPSA) is 168 Å². The van der Waals surface area contributed by atoms with E-state index in [-0.39, 0.29) is 22.9 Å². The van der Waals surface area contributed by atoms with Crippen molar-refractivity contribution in [3.8, 4) is 46.0 Å². The largest absolute Gasteiger partial charge is 0.493 e. The van der Waals surface area contributed by atoms with Crippen LogP contribution in [0, 0.1) is 0 Å². The van der Waals surface area contributed by atoms with Crippen molar-refractivity contribution < 1.29 is 37.3 Å². The highest BCUT2D eigenvalue weighted by molar-refractivity contribution is 9.11. The summed E-state index contributed by atoms with van der Waals surface area (Å²) in [5.74, 6) is 5.41. The summed E-state index contributed by atoms with van der Waals surface area (Å²) < 4.78 is 46.0. The number of nitrogens with two attached hydrogens (primary N) is 2. The fourth-order valence-electron chi connectivity index (χ4n) is 8.40. The molecule has 0 aliphatic carbocycles. The molecule has 8 aromatic carbocycles. The highest BCUT2D eigenvalue weighted by Gasteiger charge is 2.30. The van der Waals surface area contributed by atoms with E-state index in [1.54, 1.807) is 83.0 Å². The molecule has 0 amide bonds. The van der Waals surface area contributed by atoms with Crippen LogP contribution in [0.25, 0.3) is 43.9 Å². The number of hydrogen-bond donors (Lipinski definition) is 3. The summed E-state index contributed by atoms with van der Waals surface area (Å²) in [5, 5.41) is 2.21. The van der Waals surface area contributed by atoms with Gasteiger partial charge < -0.3 is 48.7 Å². The van der Waals surface area contributed by atoms with Gasteiger partial charge in [0.05, 0.1) is 62.1 Å². The van der Waals surface area contributed by atoms with Crippen LogP contribution in [0.3, 0.4) is 0 Å². The van der Waals surface area contributed by atoms with Gasteiger partial charge in [-0.1, -0.05) is 82.7 Å². The molecule has 10 aromatic rings. The van der Waals surface area contributed by atoms with Crippen LogP contribution in [0.2, 0.25) is 0 Å². The van der Waals surface area contributed by atoms with Gasteiger partial charge in [-0.15, -0.1) is 12.6 Å². The third-order valence-corrected chi connectivity index (χ3v) is 13.6. The Hall–Kier alpha value is -7.27. The van der Waals surface area contributed by atoms with Crippen molar-refractivity contribution in [2.75, 3.05) is 28.4 Å². The number of fused-ring (bicyclic) bond motifs is 8. The summed E-state index contributed by atoms with van der Waals surface area (Å²) in [6.45, 7) is 0. The minimum atomic E-state index is -0.243. The standard InChI is InChI=1S/C14H12BrNO2.C14H9BrO3.C14H13NO2S.C14H10O3/c2*1-17-11-7-6-9(15)12-13(16)8-4-2-3-5-10(8)18-14(11)12;1-16-10-6-7-11(18)12-13(15)8-4-2-3-5-9(8)17-14(10)12;1-16-12-8-4-6-10-13(15)9-5-2-3-7-11(9)17-14(10)12/h2-7,13H,16H2,1H3;2-7H,1H3;2-7,13,18H,15H2,1H3;2-8H,1H3. The Morgan fingerprint density at radius 2 is 0.915 bits per heavy atom. The van der Waals surface area contributed by atoms with Gasteiger partial charge in [-0.05, 0) is 101 Å². The summed E-state index contributed by atoms with van der Waals surface area (Å²) in [7, 11) is 6.35. The zero-order valence-corrected chi connectivity index (χ0v) is 42.6. The van der Waals surface area contributed by atoms with Crippen LogP contribution < -0.4 is 50.7 Å². The summed E-state index contributed by atoms with van der Waals surface area (Å²) in [6, 6.07) is 45.8. The second-order valence-corrected chi connectivity index (χ2v) is 18.1. The molecule has 4 N–H and O–H groups in total. The Morgan fingerprint density at radius 3 is 1.52 bits per heavy atom. The molecule has 2 aliphatic rings. The van der Waals surface area contributed by atoms with Crippen LogP contribution in [0.5, 0.6) is 46.0 Å². The first-order valence-electron chi connectivity index (χ1n) is 21.9. The quantitative estimate of drug-likeness (QED) is 0.113. The van der Waals surface area contributed by atoms with Gasteiger partial charge >= 0.3 is 0 Å². The smallest absolute Gasteiger partial charge is 0.201 e. The Balaban J connectivity index is 0.000000117. The molecule has 12 rings (SSSR count). The number of para-hydroxylation sites is 5. The molecule has 0 saturated heterocycles. The van der Waals surface area contributed by atoms with Gasteiger partial charge in [0.15, 0.2) is 45.7 Å². The van der Waals surface area contributed by atoms with Crippen LogP contribution in [-0.4, -0.2) is 28.4 Å². The lowest BCUT2D eigenvalue weighted by atomic mass is 9.95. The SMILES string of the molecule is COc1ccc(Br)c2c(=O)c3ccccc3oc12.COc1ccc(Br)c2c1Oc1ccccc1C2N.COc1ccc(S)c2c1Oc1ccccc1C2N.COc1cccc2c(=O)c3ccccc3oc12. The molecular weight excluding hydrogens is 1050 g/mol. The normalized spacial score (nSPS) is 13.8. The molecule has 4 heterocycles. The molecule has 0 fully saturated rings. The minimum absolute atomic E-state index is 0.0271. The van der Waals surface area contributed by atoms with E-state index in [4.69, 9.17) is 48.7 Å². The number of methoxy groups -OCH3 is 4. The maximum absolute atomic E-state index is 12.4.